The SMILES string of the molecule is CC(C)c1nc(Br)cc(-c2ccc(F)cc2Cl)n1. The van der Waals surface area contributed by atoms with Gasteiger partial charge in [-0.3, -0.25) is 0 Å². The summed E-state index contributed by atoms with van der Waals surface area (Å²) in [6.07, 6.45) is 0. The number of hydrogen-bond acceptors (Lipinski definition) is 2. The summed E-state index contributed by atoms with van der Waals surface area (Å²) in [5, 5.41) is 0.343. The van der Waals surface area contributed by atoms with Crippen LogP contribution < -0.4 is 0 Å². The lowest BCUT2D eigenvalue weighted by molar-refractivity contribution is 0.628. The molecule has 0 unspecified atom stereocenters. The van der Waals surface area contributed by atoms with E-state index in [9.17, 15) is 4.39 Å². The van der Waals surface area contributed by atoms with Crippen molar-refractivity contribution in [2.45, 2.75) is 19.8 Å². The first kappa shape index (κ1) is 13.4. The highest BCUT2D eigenvalue weighted by molar-refractivity contribution is 9.10. The molecule has 2 nitrogen and oxygen atoms in total. The number of benzene rings is 1. The number of halogens is 3. The molecule has 0 aliphatic carbocycles. The molecule has 2 rings (SSSR count). The molecule has 0 aliphatic rings. The quantitative estimate of drug-likeness (QED) is 0.738. The first-order chi connectivity index (χ1) is 8.47. The maximum Gasteiger partial charge on any atom is 0.132 e. The highest BCUT2D eigenvalue weighted by Gasteiger charge is 2.11. The molecule has 18 heavy (non-hydrogen) atoms. The molecule has 1 aromatic carbocycles. The second kappa shape index (κ2) is 5.33. The summed E-state index contributed by atoms with van der Waals surface area (Å²) in [5.41, 5.74) is 1.38. The van der Waals surface area contributed by atoms with Gasteiger partial charge in [0, 0.05) is 11.5 Å². The molecule has 0 amide bonds. The molecule has 0 spiro atoms. The van der Waals surface area contributed by atoms with E-state index in [1.54, 1.807) is 12.1 Å². The van der Waals surface area contributed by atoms with Gasteiger partial charge in [0.15, 0.2) is 0 Å². The van der Waals surface area contributed by atoms with E-state index in [1.807, 2.05) is 13.8 Å². The molecule has 94 valence electrons. The van der Waals surface area contributed by atoms with Crippen molar-refractivity contribution in [3.8, 4) is 11.3 Å². The molecule has 0 radical (unpaired) electrons. The van der Waals surface area contributed by atoms with E-state index >= 15 is 0 Å². The van der Waals surface area contributed by atoms with Crippen molar-refractivity contribution in [1.29, 1.82) is 0 Å². The molecule has 0 atom stereocenters. The zero-order chi connectivity index (χ0) is 13.3. The monoisotopic (exact) mass is 328 g/mol. The lowest BCUT2D eigenvalue weighted by atomic mass is 10.1. The summed E-state index contributed by atoms with van der Waals surface area (Å²) in [4.78, 5) is 8.74. The van der Waals surface area contributed by atoms with Crippen LogP contribution >= 0.6 is 27.5 Å². The standard InChI is InChI=1S/C13H11BrClFN2/c1-7(2)13-17-11(6-12(14)18-13)9-4-3-8(16)5-10(9)15/h3-7H,1-2H3. The highest BCUT2D eigenvalue weighted by atomic mass is 79.9. The number of aromatic nitrogens is 2. The Hall–Kier alpha value is -1.00. The van der Waals surface area contributed by atoms with Crippen LogP contribution in [-0.4, -0.2) is 9.97 Å². The van der Waals surface area contributed by atoms with Gasteiger partial charge in [-0.1, -0.05) is 25.4 Å². The van der Waals surface area contributed by atoms with Crippen LogP contribution in [0.1, 0.15) is 25.6 Å². The van der Waals surface area contributed by atoms with E-state index < -0.39 is 0 Å². The van der Waals surface area contributed by atoms with Gasteiger partial charge in [-0.15, -0.1) is 0 Å². The van der Waals surface area contributed by atoms with Crippen molar-refractivity contribution in [3.63, 3.8) is 0 Å². The van der Waals surface area contributed by atoms with E-state index in [0.717, 1.165) is 5.82 Å². The summed E-state index contributed by atoms with van der Waals surface area (Å²) < 4.78 is 13.7. The minimum Gasteiger partial charge on any atom is -0.232 e. The molecule has 0 saturated carbocycles. The Kier molecular flexibility index (Phi) is 3.97. The molecular formula is C13H11BrClFN2. The maximum absolute atomic E-state index is 13.0. The fraction of sp³-hybridized carbons (Fsp3) is 0.231. The molecule has 0 fully saturated rings. The second-order valence-corrected chi connectivity index (χ2v) is 5.43. The van der Waals surface area contributed by atoms with Crippen molar-refractivity contribution in [1.82, 2.24) is 9.97 Å². The van der Waals surface area contributed by atoms with Crippen LogP contribution in [0.2, 0.25) is 5.02 Å². The van der Waals surface area contributed by atoms with E-state index in [-0.39, 0.29) is 11.7 Å². The van der Waals surface area contributed by atoms with Gasteiger partial charge in [0.1, 0.15) is 16.2 Å². The maximum atomic E-state index is 13.0. The Labute approximate surface area is 118 Å². The Bertz CT molecular complexity index is 587. The van der Waals surface area contributed by atoms with Gasteiger partial charge < -0.3 is 0 Å². The first-order valence-electron chi connectivity index (χ1n) is 5.47. The molecule has 0 bridgehead atoms. The highest BCUT2D eigenvalue weighted by Crippen LogP contribution is 2.29. The van der Waals surface area contributed by atoms with Gasteiger partial charge in [0.2, 0.25) is 0 Å². The van der Waals surface area contributed by atoms with Gasteiger partial charge in [-0.05, 0) is 40.2 Å². The lowest BCUT2D eigenvalue weighted by Crippen LogP contribution is -1.99. The number of rotatable bonds is 2. The summed E-state index contributed by atoms with van der Waals surface area (Å²) in [7, 11) is 0. The van der Waals surface area contributed by atoms with Crippen LogP contribution in [0.15, 0.2) is 28.9 Å². The van der Waals surface area contributed by atoms with E-state index in [1.165, 1.54) is 12.1 Å². The molecule has 1 heterocycles. The number of nitrogens with zero attached hydrogens (tertiary/aromatic N) is 2. The fourth-order valence-corrected chi connectivity index (χ4v) is 2.19. The molecular weight excluding hydrogens is 319 g/mol. The molecule has 1 aromatic heterocycles. The third-order valence-corrected chi connectivity index (χ3v) is 3.15. The Morgan fingerprint density at radius 3 is 2.56 bits per heavy atom. The van der Waals surface area contributed by atoms with Crippen LogP contribution in [0.3, 0.4) is 0 Å². The zero-order valence-electron chi connectivity index (χ0n) is 9.92. The van der Waals surface area contributed by atoms with Crippen molar-refractivity contribution < 1.29 is 4.39 Å². The van der Waals surface area contributed by atoms with Gasteiger partial charge in [-0.2, -0.15) is 0 Å². The van der Waals surface area contributed by atoms with Crippen LogP contribution in [0.4, 0.5) is 4.39 Å². The van der Waals surface area contributed by atoms with Gasteiger partial charge in [0.05, 0.1) is 10.7 Å². The molecule has 0 aliphatic heterocycles. The molecule has 0 N–H and O–H groups in total. The van der Waals surface area contributed by atoms with Crippen LogP contribution in [0.5, 0.6) is 0 Å². The third-order valence-electron chi connectivity index (χ3n) is 2.44. The second-order valence-electron chi connectivity index (χ2n) is 4.21. The third kappa shape index (κ3) is 2.87. The normalized spacial score (nSPS) is 11.0. The van der Waals surface area contributed by atoms with Crippen molar-refractivity contribution >= 4 is 27.5 Å². The van der Waals surface area contributed by atoms with Crippen molar-refractivity contribution in [2.75, 3.05) is 0 Å². The topological polar surface area (TPSA) is 25.8 Å². The Morgan fingerprint density at radius 1 is 1.22 bits per heavy atom. The van der Waals surface area contributed by atoms with Crippen LogP contribution in [0.25, 0.3) is 11.3 Å². The van der Waals surface area contributed by atoms with Gasteiger partial charge in [0.25, 0.3) is 0 Å². The van der Waals surface area contributed by atoms with Crippen LogP contribution in [0, 0.1) is 5.82 Å². The summed E-state index contributed by atoms with van der Waals surface area (Å²) in [5.74, 6) is 0.571. The van der Waals surface area contributed by atoms with E-state index in [4.69, 9.17) is 11.6 Å². The average molecular weight is 330 g/mol. The minimum absolute atomic E-state index is 0.209. The van der Waals surface area contributed by atoms with Crippen LogP contribution in [-0.2, 0) is 0 Å². The molecule has 0 saturated heterocycles. The zero-order valence-corrected chi connectivity index (χ0v) is 12.3. The summed E-state index contributed by atoms with van der Waals surface area (Å²) >= 11 is 9.38. The fourth-order valence-electron chi connectivity index (χ4n) is 1.53. The van der Waals surface area contributed by atoms with Gasteiger partial charge >= 0.3 is 0 Å². The van der Waals surface area contributed by atoms with Crippen molar-refractivity contribution in [3.05, 3.63) is 45.5 Å². The Balaban J connectivity index is 2.56. The smallest absolute Gasteiger partial charge is 0.132 e. The largest absolute Gasteiger partial charge is 0.232 e. The minimum atomic E-state index is -0.360. The van der Waals surface area contributed by atoms with Gasteiger partial charge in [-0.25, -0.2) is 14.4 Å². The first-order valence-corrected chi connectivity index (χ1v) is 6.64. The van der Waals surface area contributed by atoms with E-state index in [0.29, 0.717) is 20.9 Å². The molecule has 5 heteroatoms. The van der Waals surface area contributed by atoms with E-state index in [2.05, 4.69) is 25.9 Å². The summed E-state index contributed by atoms with van der Waals surface area (Å²) in [6, 6.07) is 6.04. The average Bonchev–Trinajstić information content (AvgIpc) is 2.27. The lowest BCUT2D eigenvalue weighted by Gasteiger charge is -2.09. The Morgan fingerprint density at radius 2 is 1.94 bits per heavy atom. The predicted molar refractivity (Wildman–Crippen MR) is 74.2 cm³/mol. The summed E-state index contributed by atoms with van der Waals surface area (Å²) in [6.45, 7) is 4.02. The number of hydrogen-bond donors (Lipinski definition) is 0. The van der Waals surface area contributed by atoms with Crippen molar-refractivity contribution in [2.24, 2.45) is 0 Å². The molecule has 2 aromatic rings. The predicted octanol–water partition coefficient (Wildman–Crippen LogP) is 4.82.